The maximum Gasteiger partial charge on any atom is 0.161 e. The average molecular weight is 281 g/mol. The molecule has 1 aromatic heterocycles. The van der Waals surface area contributed by atoms with Crippen molar-refractivity contribution in [1.82, 2.24) is 15.1 Å². The van der Waals surface area contributed by atoms with Crippen molar-refractivity contribution < 1.29 is 9.47 Å². The highest BCUT2D eigenvalue weighted by Crippen LogP contribution is 2.43. The Morgan fingerprint density at radius 1 is 1.40 bits per heavy atom. The number of aromatic nitrogens is 2. The lowest BCUT2D eigenvalue weighted by Gasteiger charge is -2.43. The number of aryl methyl sites for hydroxylation is 1. The van der Waals surface area contributed by atoms with E-state index in [0.717, 1.165) is 43.8 Å². The normalized spacial score (nSPS) is 18.6. The van der Waals surface area contributed by atoms with Crippen LogP contribution in [0.1, 0.15) is 51.3 Å². The monoisotopic (exact) mass is 281 g/mol. The van der Waals surface area contributed by atoms with Crippen LogP contribution in [0.25, 0.3) is 0 Å². The van der Waals surface area contributed by atoms with Gasteiger partial charge in [0.2, 0.25) is 0 Å². The first kappa shape index (κ1) is 15.3. The van der Waals surface area contributed by atoms with Crippen molar-refractivity contribution in [1.29, 1.82) is 0 Å². The zero-order valence-electron chi connectivity index (χ0n) is 13.1. The Labute approximate surface area is 121 Å². The lowest BCUT2D eigenvalue weighted by Crippen LogP contribution is -2.43. The number of nitrogens with one attached hydrogen (secondary N) is 1. The summed E-state index contributed by atoms with van der Waals surface area (Å²) in [7, 11) is 3.54. The lowest BCUT2D eigenvalue weighted by atomic mass is 9.75. The molecule has 0 aromatic carbocycles. The van der Waals surface area contributed by atoms with Gasteiger partial charge in [-0.1, -0.05) is 6.92 Å². The van der Waals surface area contributed by atoms with Crippen molar-refractivity contribution in [3.05, 3.63) is 11.9 Å². The van der Waals surface area contributed by atoms with Crippen LogP contribution >= 0.6 is 0 Å². The third-order valence-electron chi connectivity index (χ3n) is 4.42. The molecule has 5 nitrogen and oxygen atoms in total. The maximum atomic E-state index is 5.79. The van der Waals surface area contributed by atoms with Crippen LogP contribution in [0.15, 0.2) is 6.20 Å². The molecule has 1 atom stereocenters. The van der Waals surface area contributed by atoms with E-state index in [1.807, 2.05) is 18.0 Å². The van der Waals surface area contributed by atoms with Crippen LogP contribution in [0.3, 0.4) is 0 Å². The SMILES string of the molecule is CCNC(CC1(OC)CCC1)c1c(OC)cnn1CC. The quantitative estimate of drug-likeness (QED) is 0.795. The van der Waals surface area contributed by atoms with Crippen molar-refractivity contribution in [2.75, 3.05) is 20.8 Å². The molecule has 1 fully saturated rings. The van der Waals surface area contributed by atoms with E-state index >= 15 is 0 Å². The largest absolute Gasteiger partial charge is 0.493 e. The molecule has 1 aliphatic rings. The molecule has 0 aliphatic heterocycles. The molecule has 1 heterocycles. The van der Waals surface area contributed by atoms with Crippen LogP contribution in [0.5, 0.6) is 5.75 Å². The molecule has 1 saturated carbocycles. The average Bonchev–Trinajstić information content (AvgIpc) is 2.84. The molecule has 0 saturated heterocycles. The van der Waals surface area contributed by atoms with Gasteiger partial charge < -0.3 is 14.8 Å². The Hall–Kier alpha value is -1.07. The van der Waals surface area contributed by atoms with Gasteiger partial charge in [-0.15, -0.1) is 0 Å². The van der Waals surface area contributed by atoms with Gasteiger partial charge in [0.15, 0.2) is 5.75 Å². The minimum Gasteiger partial charge on any atom is -0.493 e. The summed E-state index contributed by atoms with van der Waals surface area (Å²) in [5.74, 6) is 0.864. The highest BCUT2D eigenvalue weighted by atomic mass is 16.5. The second kappa shape index (κ2) is 6.59. The molecule has 0 bridgehead atoms. The molecule has 1 unspecified atom stereocenters. The summed E-state index contributed by atoms with van der Waals surface area (Å²) in [6, 6.07) is 0.220. The minimum absolute atomic E-state index is 0.0285. The minimum atomic E-state index is 0.0285. The lowest BCUT2D eigenvalue weighted by molar-refractivity contribution is -0.0842. The zero-order chi connectivity index (χ0) is 14.6. The van der Waals surface area contributed by atoms with Crippen LogP contribution < -0.4 is 10.1 Å². The molecule has 1 N–H and O–H groups in total. The molecule has 114 valence electrons. The van der Waals surface area contributed by atoms with Crippen LogP contribution in [0.2, 0.25) is 0 Å². The molecule has 0 spiro atoms. The highest BCUT2D eigenvalue weighted by Gasteiger charge is 2.40. The Bertz CT molecular complexity index is 400. The van der Waals surface area contributed by atoms with Crippen molar-refractivity contribution in [2.45, 2.75) is 57.7 Å². The zero-order valence-corrected chi connectivity index (χ0v) is 13.1. The van der Waals surface area contributed by atoms with Crippen molar-refractivity contribution in [3.63, 3.8) is 0 Å². The van der Waals surface area contributed by atoms with Gasteiger partial charge in [0.25, 0.3) is 0 Å². The van der Waals surface area contributed by atoms with E-state index in [-0.39, 0.29) is 11.6 Å². The fourth-order valence-corrected chi connectivity index (χ4v) is 3.09. The van der Waals surface area contributed by atoms with Crippen molar-refractivity contribution in [3.8, 4) is 5.75 Å². The second-order valence-electron chi connectivity index (χ2n) is 5.47. The molecule has 0 radical (unpaired) electrons. The Kier molecular flexibility index (Phi) is 5.05. The van der Waals surface area contributed by atoms with Gasteiger partial charge in [-0.25, -0.2) is 0 Å². The first-order valence-electron chi connectivity index (χ1n) is 7.58. The van der Waals surface area contributed by atoms with Gasteiger partial charge in [0.05, 0.1) is 30.6 Å². The molecule has 1 aliphatic carbocycles. The summed E-state index contributed by atoms with van der Waals surface area (Å²) >= 11 is 0. The Morgan fingerprint density at radius 2 is 2.15 bits per heavy atom. The standard InChI is InChI=1S/C15H27N3O2/c1-5-16-12(10-15(20-4)8-7-9-15)14-13(19-3)11-17-18(14)6-2/h11-12,16H,5-10H2,1-4H3. The van der Waals surface area contributed by atoms with E-state index in [2.05, 4.69) is 24.3 Å². The molecule has 0 amide bonds. The number of hydrogen-bond donors (Lipinski definition) is 1. The molecule has 2 rings (SSSR count). The maximum absolute atomic E-state index is 5.79. The topological polar surface area (TPSA) is 48.3 Å². The number of rotatable bonds is 8. The molecular formula is C15H27N3O2. The van der Waals surface area contributed by atoms with Gasteiger partial charge >= 0.3 is 0 Å². The van der Waals surface area contributed by atoms with Crippen LogP contribution in [0.4, 0.5) is 0 Å². The van der Waals surface area contributed by atoms with Gasteiger partial charge in [-0.2, -0.15) is 5.10 Å². The van der Waals surface area contributed by atoms with E-state index < -0.39 is 0 Å². The van der Waals surface area contributed by atoms with Crippen molar-refractivity contribution in [2.24, 2.45) is 0 Å². The first-order chi connectivity index (χ1) is 9.69. The smallest absolute Gasteiger partial charge is 0.161 e. The summed E-state index contributed by atoms with van der Waals surface area (Å²) in [5.41, 5.74) is 1.17. The van der Waals surface area contributed by atoms with E-state index in [1.165, 1.54) is 6.42 Å². The van der Waals surface area contributed by atoms with E-state index in [9.17, 15) is 0 Å². The van der Waals surface area contributed by atoms with Crippen LogP contribution in [-0.2, 0) is 11.3 Å². The van der Waals surface area contributed by atoms with E-state index in [4.69, 9.17) is 9.47 Å². The van der Waals surface area contributed by atoms with Crippen LogP contribution in [-0.4, -0.2) is 36.1 Å². The number of ether oxygens (including phenoxy) is 2. The number of methoxy groups -OCH3 is 2. The van der Waals surface area contributed by atoms with Gasteiger partial charge in [-0.3, -0.25) is 4.68 Å². The third kappa shape index (κ3) is 2.83. The molecule has 20 heavy (non-hydrogen) atoms. The summed E-state index contributed by atoms with van der Waals surface area (Å²) in [6.45, 7) is 6.00. The van der Waals surface area contributed by atoms with Gasteiger partial charge in [0.1, 0.15) is 0 Å². The highest BCUT2D eigenvalue weighted by molar-refractivity contribution is 5.29. The first-order valence-corrected chi connectivity index (χ1v) is 7.58. The third-order valence-corrected chi connectivity index (χ3v) is 4.42. The van der Waals surface area contributed by atoms with Gasteiger partial charge in [0, 0.05) is 13.7 Å². The predicted molar refractivity (Wildman–Crippen MR) is 79.1 cm³/mol. The van der Waals surface area contributed by atoms with E-state index in [0.29, 0.717) is 0 Å². The molecular weight excluding hydrogens is 254 g/mol. The Morgan fingerprint density at radius 3 is 2.60 bits per heavy atom. The summed E-state index contributed by atoms with van der Waals surface area (Å²) in [4.78, 5) is 0. The second-order valence-corrected chi connectivity index (χ2v) is 5.47. The molecule has 1 aromatic rings. The fourth-order valence-electron chi connectivity index (χ4n) is 3.09. The molecule has 5 heteroatoms. The number of hydrogen-bond acceptors (Lipinski definition) is 4. The van der Waals surface area contributed by atoms with Gasteiger partial charge in [-0.05, 0) is 39.2 Å². The summed E-state index contributed by atoms with van der Waals surface area (Å²) in [6.07, 6.45) is 6.33. The summed E-state index contributed by atoms with van der Waals surface area (Å²) < 4.78 is 13.3. The van der Waals surface area contributed by atoms with Crippen molar-refractivity contribution >= 4 is 0 Å². The predicted octanol–water partition coefficient (Wildman–Crippen LogP) is 2.52. The Balaban J connectivity index is 2.25. The van der Waals surface area contributed by atoms with E-state index in [1.54, 1.807) is 7.11 Å². The fraction of sp³-hybridized carbons (Fsp3) is 0.800. The summed E-state index contributed by atoms with van der Waals surface area (Å²) in [5, 5.41) is 7.99. The van der Waals surface area contributed by atoms with Crippen LogP contribution in [0, 0.1) is 0 Å². The number of nitrogens with zero attached hydrogens (tertiary/aromatic N) is 2.